The number of thiophene rings is 1. The number of hydrogen-bond acceptors (Lipinski definition) is 7. The smallest absolute Gasteiger partial charge is 0.308 e. The molecule has 4 heterocycles. The first-order chi connectivity index (χ1) is 18.7. The number of aryl methyl sites for hydroxylation is 1. The van der Waals surface area contributed by atoms with Gasteiger partial charge in [0.2, 0.25) is 17.7 Å². The summed E-state index contributed by atoms with van der Waals surface area (Å²) in [6.07, 6.45) is 0. The summed E-state index contributed by atoms with van der Waals surface area (Å²) in [6.45, 7) is 1.69. The standard InChI is InChI=1S/C27H19Cl2N3O4S3/c1-13-4-7-15(8-5-13)32-24(34)21-20(18-3-2-10-37-18)23-26(38-22(21)25(32)35)31(27(36)39-23)12-19(33)30-14-6-9-16(28)17(29)11-14/h2-11,20-22H,12H2,1H3,(H,30,33)/t20-,21?,22?/m1/s1. The van der Waals surface area contributed by atoms with Crippen LogP contribution < -0.4 is 15.1 Å². The predicted octanol–water partition coefficient (Wildman–Crippen LogP) is 6.02. The first kappa shape index (κ1) is 26.3. The number of nitrogens with one attached hydrogen (secondary N) is 1. The summed E-state index contributed by atoms with van der Waals surface area (Å²) in [5, 5.41) is 5.13. The molecule has 0 aliphatic carbocycles. The number of aromatic nitrogens is 1. The molecule has 0 saturated carbocycles. The molecule has 7 nitrogen and oxygen atoms in total. The second kappa shape index (κ2) is 10.3. The predicted molar refractivity (Wildman–Crippen MR) is 157 cm³/mol. The van der Waals surface area contributed by atoms with E-state index in [2.05, 4.69) is 5.32 Å². The summed E-state index contributed by atoms with van der Waals surface area (Å²) in [5.41, 5.74) is 1.99. The zero-order chi connectivity index (χ0) is 27.4. The van der Waals surface area contributed by atoms with Crippen LogP contribution in [0.5, 0.6) is 0 Å². The highest BCUT2D eigenvalue weighted by molar-refractivity contribution is 8.00. The number of hydrogen-bond donors (Lipinski definition) is 1. The van der Waals surface area contributed by atoms with Crippen LogP contribution in [0.4, 0.5) is 11.4 Å². The highest BCUT2D eigenvalue weighted by Gasteiger charge is 2.57. The van der Waals surface area contributed by atoms with Crippen molar-refractivity contribution in [1.82, 2.24) is 4.57 Å². The molecule has 2 unspecified atom stereocenters. The second-order valence-corrected chi connectivity index (χ2v) is 13.1. The van der Waals surface area contributed by atoms with E-state index >= 15 is 0 Å². The fourth-order valence-corrected chi connectivity index (χ4v) is 8.92. The highest BCUT2D eigenvalue weighted by atomic mass is 35.5. The van der Waals surface area contributed by atoms with Crippen LogP contribution in [0.3, 0.4) is 0 Å². The lowest BCUT2D eigenvalue weighted by Crippen LogP contribution is -2.32. The molecule has 39 heavy (non-hydrogen) atoms. The van der Waals surface area contributed by atoms with Crippen molar-refractivity contribution in [3.8, 4) is 0 Å². The van der Waals surface area contributed by atoms with Gasteiger partial charge in [-0.2, -0.15) is 0 Å². The van der Waals surface area contributed by atoms with Gasteiger partial charge in [-0.25, -0.2) is 4.90 Å². The Kier molecular flexibility index (Phi) is 6.93. The van der Waals surface area contributed by atoms with E-state index in [0.29, 0.717) is 31.3 Å². The van der Waals surface area contributed by atoms with Crippen molar-refractivity contribution < 1.29 is 14.4 Å². The third kappa shape index (κ3) is 4.64. The molecule has 4 aromatic rings. The maximum atomic E-state index is 13.8. The molecular weight excluding hydrogens is 597 g/mol. The summed E-state index contributed by atoms with van der Waals surface area (Å²) in [6, 6.07) is 15.8. The van der Waals surface area contributed by atoms with E-state index in [-0.39, 0.29) is 23.2 Å². The van der Waals surface area contributed by atoms with Crippen molar-refractivity contribution in [1.29, 1.82) is 0 Å². The molecule has 1 fully saturated rings. The molecule has 1 saturated heterocycles. The van der Waals surface area contributed by atoms with Crippen molar-refractivity contribution in [3.05, 3.63) is 95.0 Å². The van der Waals surface area contributed by atoms with Gasteiger partial charge in [-0.1, -0.05) is 70.1 Å². The van der Waals surface area contributed by atoms with Crippen LogP contribution >= 0.6 is 57.6 Å². The van der Waals surface area contributed by atoms with Crippen LogP contribution in [-0.2, 0) is 20.9 Å². The number of fused-ring (bicyclic) bond motifs is 2. The SMILES string of the molecule is Cc1ccc(N2C(=O)C3Sc4c(sc(=O)n4CC(=O)Nc4ccc(Cl)c(Cl)c4)[C@H](c4cccs4)C3C2=O)cc1. The fourth-order valence-electron chi connectivity index (χ4n) is 4.90. The van der Waals surface area contributed by atoms with Gasteiger partial charge in [0.05, 0.1) is 26.7 Å². The third-order valence-electron chi connectivity index (χ3n) is 6.70. The minimum Gasteiger partial charge on any atom is -0.324 e. The van der Waals surface area contributed by atoms with E-state index in [1.54, 1.807) is 24.3 Å². The Bertz CT molecular complexity index is 1680. The Morgan fingerprint density at radius 2 is 1.77 bits per heavy atom. The first-order valence-electron chi connectivity index (χ1n) is 11.9. The maximum absolute atomic E-state index is 13.8. The first-order valence-corrected chi connectivity index (χ1v) is 15.2. The largest absolute Gasteiger partial charge is 0.324 e. The van der Waals surface area contributed by atoms with Crippen LogP contribution in [0.1, 0.15) is 21.2 Å². The molecule has 2 aliphatic heterocycles. The Morgan fingerprint density at radius 1 is 1.00 bits per heavy atom. The number of benzene rings is 2. The van der Waals surface area contributed by atoms with Crippen LogP contribution in [0.25, 0.3) is 0 Å². The Morgan fingerprint density at radius 3 is 2.46 bits per heavy atom. The van der Waals surface area contributed by atoms with E-state index in [1.807, 2.05) is 36.6 Å². The summed E-state index contributed by atoms with van der Waals surface area (Å²) in [7, 11) is 0. The van der Waals surface area contributed by atoms with Gasteiger partial charge in [-0.3, -0.25) is 23.7 Å². The molecule has 0 spiro atoms. The van der Waals surface area contributed by atoms with Crippen LogP contribution in [0.2, 0.25) is 10.0 Å². The van der Waals surface area contributed by atoms with Gasteiger partial charge in [0.1, 0.15) is 11.8 Å². The minimum atomic E-state index is -0.725. The van der Waals surface area contributed by atoms with Crippen molar-refractivity contribution in [3.63, 3.8) is 0 Å². The van der Waals surface area contributed by atoms with Gasteiger partial charge in [-0.05, 0) is 48.7 Å². The molecule has 3 amide bonds. The number of rotatable bonds is 5. The van der Waals surface area contributed by atoms with Gasteiger partial charge < -0.3 is 5.32 Å². The number of carbonyl (C=O) groups is 3. The zero-order valence-electron chi connectivity index (χ0n) is 20.2. The summed E-state index contributed by atoms with van der Waals surface area (Å²) in [5.74, 6) is -2.16. The molecule has 198 valence electrons. The topological polar surface area (TPSA) is 88.5 Å². The lowest BCUT2D eigenvalue weighted by atomic mass is 9.87. The van der Waals surface area contributed by atoms with E-state index in [1.165, 1.54) is 38.6 Å². The number of thioether (sulfide) groups is 1. The molecule has 0 radical (unpaired) electrons. The van der Waals surface area contributed by atoms with Gasteiger partial charge in [0, 0.05) is 21.4 Å². The van der Waals surface area contributed by atoms with E-state index in [9.17, 15) is 19.2 Å². The molecule has 0 bridgehead atoms. The average molecular weight is 617 g/mol. The van der Waals surface area contributed by atoms with Crippen LogP contribution in [0.15, 0.2) is 69.8 Å². The Labute approximate surface area is 245 Å². The summed E-state index contributed by atoms with van der Waals surface area (Å²) in [4.78, 5) is 56.2. The molecular formula is C27H19Cl2N3O4S3. The number of thiazole rings is 1. The fraction of sp³-hybridized carbons (Fsp3) is 0.185. The Hall–Kier alpha value is -2.89. The molecule has 2 aromatic carbocycles. The quantitative estimate of drug-likeness (QED) is 0.277. The molecule has 1 N–H and O–H groups in total. The van der Waals surface area contributed by atoms with Crippen molar-refractivity contribution in [2.75, 3.05) is 10.2 Å². The molecule has 3 atom stereocenters. The normalized spacial score (nSPS) is 20.2. The monoisotopic (exact) mass is 615 g/mol. The van der Waals surface area contributed by atoms with Gasteiger partial charge in [-0.15, -0.1) is 11.3 Å². The van der Waals surface area contributed by atoms with Crippen molar-refractivity contribution in [2.24, 2.45) is 5.92 Å². The lowest BCUT2D eigenvalue weighted by Gasteiger charge is -2.29. The van der Waals surface area contributed by atoms with Crippen LogP contribution in [0, 0.1) is 12.8 Å². The molecule has 6 rings (SSSR count). The van der Waals surface area contributed by atoms with Crippen LogP contribution in [-0.4, -0.2) is 27.5 Å². The zero-order valence-corrected chi connectivity index (χ0v) is 24.2. The van der Waals surface area contributed by atoms with Gasteiger partial charge in [0.15, 0.2) is 0 Å². The van der Waals surface area contributed by atoms with E-state index < -0.39 is 23.0 Å². The molecule has 2 aliphatic rings. The average Bonchev–Trinajstić information content (AvgIpc) is 3.60. The Balaban J connectivity index is 1.37. The van der Waals surface area contributed by atoms with Crippen molar-refractivity contribution in [2.45, 2.75) is 29.7 Å². The molecule has 2 aromatic heterocycles. The van der Waals surface area contributed by atoms with Gasteiger partial charge in [0.25, 0.3) is 0 Å². The highest BCUT2D eigenvalue weighted by Crippen LogP contribution is 2.54. The lowest BCUT2D eigenvalue weighted by molar-refractivity contribution is -0.122. The van der Waals surface area contributed by atoms with Gasteiger partial charge >= 0.3 is 4.87 Å². The van der Waals surface area contributed by atoms with Crippen molar-refractivity contribution >= 4 is 86.7 Å². The number of imide groups is 1. The second-order valence-electron chi connectivity index (χ2n) is 9.21. The summed E-state index contributed by atoms with van der Waals surface area (Å²) < 4.78 is 1.39. The molecule has 12 heteroatoms. The number of nitrogens with zero attached hydrogens (tertiary/aromatic N) is 2. The third-order valence-corrected chi connectivity index (χ3v) is 11.0. The number of halogens is 2. The number of carbonyl (C=O) groups excluding carboxylic acids is 3. The van der Waals surface area contributed by atoms with E-state index in [4.69, 9.17) is 23.2 Å². The maximum Gasteiger partial charge on any atom is 0.308 e. The van der Waals surface area contributed by atoms with E-state index in [0.717, 1.165) is 21.8 Å². The number of anilines is 2. The summed E-state index contributed by atoms with van der Waals surface area (Å²) >= 11 is 15.7. The minimum absolute atomic E-state index is 0.254. The number of amides is 3.